The van der Waals surface area contributed by atoms with Gasteiger partial charge in [0.2, 0.25) is 0 Å². The summed E-state index contributed by atoms with van der Waals surface area (Å²) in [5.74, 6) is -0.494. The number of rotatable bonds is 6. The Hall–Kier alpha value is -3.67. The fourth-order valence-electron chi connectivity index (χ4n) is 3.64. The van der Waals surface area contributed by atoms with E-state index in [9.17, 15) is 9.59 Å². The Labute approximate surface area is 168 Å². The number of carboxylic acid groups (broad SMARTS) is 1. The minimum atomic E-state index is -0.856. The monoisotopic (exact) mass is 388 g/mol. The third-order valence-corrected chi connectivity index (χ3v) is 5.03. The maximum atomic E-state index is 12.2. The first-order valence-electron chi connectivity index (χ1n) is 9.40. The molecule has 1 aliphatic carbocycles. The number of benzene rings is 2. The van der Waals surface area contributed by atoms with Crippen LogP contribution in [-0.2, 0) is 16.0 Å². The van der Waals surface area contributed by atoms with Gasteiger partial charge in [-0.15, -0.1) is 0 Å². The predicted molar refractivity (Wildman–Crippen MR) is 109 cm³/mol. The average molecular weight is 388 g/mol. The van der Waals surface area contributed by atoms with Crippen LogP contribution in [0, 0.1) is 0 Å². The van der Waals surface area contributed by atoms with Crippen molar-refractivity contribution in [1.29, 1.82) is 0 Å². The molecule has 6 heteroatoms. The molecule has 2 aromatic carbocycles. The summed E-state index contributed by atoms with van der Waals surface area (Å²) in [5, 5.41) is 11.3. The highest BCUT2D eigenvalue weighted by molar-refractivity contribution is 5.84. The predicted octanol–water partition coefficient (Wildman–Crippen LogP) is 4.46. The van der Waals surface area contributed by atoms with Gasteiger partial charge in [0, 0.05) is 18.5 Å². The molecule has 0 aliphatic heterocycles. The van der Waals surface area contributed by atoms with E-state index in [4.69, 9.17) is 9.84 Å². The van der Waals surface area contributed by atoms with Crippen LogP contribution in [0.25, 0.3) is 11.1 Å². The molecule has 2 N–H and O–H groups in total. The second-order valence-electron chi connectivity index (χ2n) is 6.90. The van der Waals surface area contributed by atoms with E-state index in [1.165, 1.54) is 11.1 Å². The number of fused-ring (bicyclic) bond motifs is 3. The summed E-state index contributed by atoms with van der Waals surface area (Å²) >= 11 is 0. The second-order valence-corrected chi connectivity index (χ2v) is 6.90. The molecule has 0 atom stereocenters. The minimum absolute atomic E-state index is 0.000459. The lowest BCUT2D eigenvalue weighted by molar-refractivity contribution is -0.136. The Morgan fingerprint density at radius 2 is 1.62 bits per heavy atom. The van der Waals surface area contributed by atoms with Crippen molar-refractivity contribution in [3.8, 4) is 11.1 Å². The van der Waals surface area contributed by atoms with E-state index in [0.717, 1.165) is 16.7 Å². The Morgan fingerprint density at radius 3 is 2.21 bits per heavy atom. The average Bonchev–Trinajstić information content (AvgIpc) is 3.05. The van der Waals surface area contributed by atoms with Crippen molar-refractivity contribution < 1.29 is 19.4 Å². The largest absolute Gasteiger partial charge is 0.481 e. The van der Waals surface area contributed by atoms with E-state index in [1.54, 1.807) is 18.3 Å². The van der Waals surface area contributed by atoms with Crippen LogP contribution in [0.15, 0.2) is 66.9 Å². The fourth-order valence-corrected chi connectivity index (χ4v) is 3.64. The van der Waals surface area contributed by atoms with Gasteiger partial charge < -0.3 is 9.84 Å². The van der Waals surface area contributed by atoms with Crippen molar-refractivity contribution in [2.75, 3.05) is 11.9 Å². The maximum Gasteiger partial charge on any atom is 0.412 e. The molecule has 29 heavy (non-hydrogen) atoms. The number of aliphatic carboxylic acids is 1. The highest BCUT2D eigenvalue weighted by Gasteiger charge is 2.29. The zero-order valence-electron chi connectivity index (χ0n) is 15.7. The minimum Gasteiger partial charge on any atom is -0.481 e. The van der Waals surface area contributed by atoms with Gasteiger partial charge >= 0.3 is 12.1 Å². The van der Waals surface area contributed by atoms with Crippen LogP contribution in [0.2, 0.25) is 0 Å². The Bertz CT molecular complexity index is 1000. The van der Waals surface area contributed by atoms with Gasteiger partial charge in [-0.3, -0.25) is 10.1 Å². The third-order valence-electron chi connectivity index (χ3n) is 5.03. The third kappa shape index (κ3) is 4.11. The molecule has 0 saturated heterocycles. The first-order chi connectivity index (χ1) is 14.1. The standard InChI is InChI=1S/C23H20N2O4/c26-22(27)12-10-15-9-11-21(24-13-15)25-23(28)29-14-20-18-7-3-1-5-16(18)17-6-2-4-8-19(17)20/h1-9,11,13,20H,10,12,14H2,(H,26,27)(H,24,25,28). The molecule has 6 nitrogen and oxygen atoms in total. The normalized spacial score (nSPS) is 12.1. The molecule has 0 spiro atoms. The van der Waals surface area contributed by atoms with Crippen molar-refractivity contribution >= 4 is 17.9 Å². The number of ether oxygens (including phenoxy) is 1. The van der Waals surface area contributed by atoms with Crippen molar-refractivity contribution in [3.63, 3.8) is 0 Å². The number of aromatic nitrogens is 1. The molecular weight excluding hydrogens is 368 g/mol. The van der Waals surface area contributed by atoms with Crippen molar-refractivity contribution in [3.05, 3.63) is 83.6 Å². The number of pyridine rings is 1. The molecule has 0 fully saturated rings. The van der Waals surface area contributed by atoms with E-state index >= 15 is 0 Å². The summed E-state index contributed by atoms with van der Waals surface area (Å²) in [6, 6.07) is 19.7. The van der Waals surface area contributed by atoms with E-state index in [-0.39, 0.29) is 18.9 Å². The van der Waals surface area contributed by atoms with Gasteiger partial charge in [-0.2, -0.15) is 0 Å². The topological polar surface area (TPSA) is 88.5 Å². The van der Waals surface area contributed by atoms with Gasteiger partial charge in [-0.25, -0.2) is 9.78 Å². The summed E-state index contributed by atoms with van der Waals surface area (Å²) in [4.78, 5) is 27.0. The van der Waals surface area contributed by atoms with Gasteiger partial charge in [-0.1, -0.05) is 54.6 Å². The van der Waals surface area contributed by atoms with Gasteiger partial charge in [0.1, 0.15) is 12.4 Å². The Morgan fingerprint density at radius 1 is 0.966 bits per heavy atom. The summed E-state index contributed by atoms with van der Waals surface area (Å²) in [6.45, 7) is 0.233. The summed E-state index contributed by atoms with van der Waals surface area (Å²) in [6.07, 6.45) is 1.42. The molecule has 146 valence electrons. The van der Waals surface area contributed by atoms with Crippen LogP contribution in [0.5, 0.6) is 0 Å². The number of anilines is 1. The van der Waals surface area contributed by atoms with Crippen LogP contribution in [0.4, 0.5) is 10.6 Å². The lowest BCUT2D eigenvalue weighted by Crippen LogP contribution is -2.18. The molecule has 0 radical (unpaired) electrons. The molecule has 1 amide bonds. The number of hydrogen-bond donors (Lipinski definition) is 2. The molecule has 1 aromatic heterocycles. The van der Waals surface area contributed by atoms with Crippen LogP contribution >= 0.6 is 0 Å². The molecule has 1 aliphatic rings. The van der Waals surface area contributed by atoms with Crippen molar-refractivity contribution in [2.45, 2.75) is 18.8 Å². The van der Waals surface area contributed by atoms with E-state index in [0.29, 0.717) is 12.2 Å². The number of nitrogens with zero attached hydrogens (tertiary/aromatic N) is 1. The number of carboxylic acids is 1. The SMILES string of the molecule is O=C(O)CCc1ccc(NC(=O)OCC2c3ccccc3-c3ccccc32)nc1. The summed E-state index contributed by atoms with van der Waals surface area (Å²) < 4.78 is 5.49. The fraction of sp³-hybridized carbons (Fsp3) is 0.174. The number of aryl methyl sites for hydroxylation is 1. The Balaban J connectivity index is 1.38. The lowest BCUT2D eigenvalue weighted by Gasteiger charge is -2.14. The Kier molecular flexibility index (Phi) is 5.24. The summed E-state index contributed by atoms with van der Waals surface area (Å²) in [7, 11) is 0. The first kappa shape index (κ1) is 18.7. The van der Waals surface area contributed by atoms with Gasteiger partial charge in [0.25, 0.3) is 0 Å². The summed E-state index contributed by atoms with van der Waals surface area (Å²) in [5.41, 5.74) is 5.46. The zero-order valence-corrected chi connectivity index (χ0v) is 15.7. The number of carbonyl (C=O) groups is 2. The quantitative estimate of drug-likeness (QED) is 0.651. The van der Waals surface area contributed by atoms with E-state index < -0.39 is 12.1 Å². The molecule has 4 rings (SSSR count). The van der Waals surface area contributed by atoms with E-state index in [2.05, 4.69) is 34.6 Å². The van der Waals surface area contributed by atoms with Crippen LogP contribution in [-0.4, -0.2) is 28.8 Å². The zero-order chi connectivity index (χ0) is 20.2. The molecule has 1 heterocycles. The van der Waals surface area contributed by atoms with Crippen LogP contribution < -0.4 is 5.32 Å². The van der Waals surface area contributed by atoms with Crippen LogP contribution in [0.1, 0.15) is 29.0 Å². The van der Waals surface area contributed by atoms with Gasteiger partial charge in [0.05, 0.1) is 0 Å². The highest BCUT2D eigenvalue weighted by Crippen LogP contribution is 2.44. The molecule has 3 aromatic rings. The first-order valence-corrected chi connectivity index (χ1v) is 9.40. The smallest absolute Gasteiger partial charge is 0.412 e. The molecule has 0 bridgehead atoms. The molecule has 0 saturated carbocycles. The number of nitrogens with one attached hydrogen (secondary N) is 1. The maximum absolute atomic E-state index is 12.2. The lowest BCUT2D eigenvalue weighted by atomic mass is 9.98. The number of amides is 1. The number of carbonyl (C=O) groups excluding carboxylic acids is 1. The molecular formula is C23H20N2O4. The van der Waals surface area contributed by atoms with Gasteiger partial charge in [0.15, 0.2) is 0 Å². The van der Waals surface area contributed by atoms with Crippen molar-refractivity contribution in [2.24, 2.45) is 0 Å². The molecule has 0 unspecified atom stereocenters. The second kappa shape index (κ2) is 8.14. The van der Waals surface area contributed by atoms with Crippen LogP contribution in [0.3, 0.4) is 0 Å². The van der Waals surface area contributed by atoms with E-state index in [1.807, 2.05) is 24.3 Å². The number of hydrogen-bond acceptors (Lipinski definition) is 4. The van der Waals surface area contributed by atoms with Crippen molar-refractivity contribution in [1.82, 2.24) is 4.98 Å². The highest BCUT2D eigenvalue weighted by atomic mass is 16.5. The van der Waals surface area contributed by atoms with Gasteiger partial charge in [-0.05, 0) is 40.3 Å².